The van der Waals surface area contributed by atoms with Crippen LogP contribution in [0.15, 0.2) is 29.2 Å². The molecule has 0 atom stereocenters. The molecule has 1 aliphatic rings. The van der Waals surface area contributed by atoms with Crippen molar-refractivity contribution in [3.63, 3.8) is 0 Å². The van der Waals surface area contributed by atoms with Gasteiger partial charge in [-0.15, -0.1) is 0 Å². The lowest BCUT2D eigenvalue weighted by atomic mass is 10.2. The van der Waals surface area contributed by atoms with Gasteiger partial charge in [0.2, 0.25) is 0 Å². The molecule has 0 spiro atoms. The Bertz CT molecular complexity index is 505. The van der Waals surface area contributed by atoms with E-state index in [-0.39, 0.29) is 10.7 Å². The van der Waals surface area contributed by atoms with Crippen LogP contribution < -0.4 is 0 Å². The molecular formula is C9H8NO3S. The second kappa shape index (κ2) is 2.75. The van der Waals surface area contributed by atoms with Gasteiger partial charge < -0.3 is 5.11 Å². The molecule has 0 fully saturated rings. The number of hydrogen-bond acceptors (Lipinski definition) is 3. The topological polar surface area (TPSA) is 57.6 Å². The van der Waals surface area contributed by atoms with Crippen molar-refractivity contribution in [2.45, 2.75) is 4.90 Å². The molecule has 4 nitrogen and oxygen atoms in total. The van der Waals surface area contributed by atoms with Gasteiger partial charge in [-0.3, -0.25) is 4.31 Å². The Morgan fingerprint density at radius 1 is 1.36 bits per heavy atom. The van der Waals surface area contributed by atoms with Gasteiger partial charge in [-0.2, -0.15) is 0 Å². The van der Waals surface area contributed by atoms with Crippen molar-refractivity contribution in [1.29, 1.82) is 0 Å². The number of benzene rings is 1. The van der Waals surface area contributed by atoms with E-state index in [2.05, 4.69) is 6.20 Å². The van der Waals surface area contributed by atoms with Crippen LogP contribution in [0.4, 0.5) is 0 Å². The first-order valence-electron chi connectivity index (χ1n) is 3.94. The molecule has 1 aromatic rings. The SMILES string of the molecule is CN1[C]=C(O)c2ccccc2S1(=O)=O. The first-order chi connectivity index (χ1) is 6.53. The fraction of sp³-hybridized carbons (Fsp3) is 0.111. The molecule has 14 heavy (non-hydrogen) atoms. The molecule has 2 rings (SSSR count). The number of nitrogens with zero attached hydrogens (tertiary/aromatic N) is 1. The molecule has 1 aliphatic heterocycles. The number of aliphatic hydroxyl groups excluding tert-OH is 1. The minimum absolute atomic E-state index is 0.110. The van der Waals surface area contributed by atoms with Gasteiger partial charge in [-0.05, 0) is 12.1 Å². The molecule has 0 aromatic heterocycles. The third-order valence-corrected chi connectivity index (χ3v) is 3.77. The summed E-state index contributed by atoms with van der Waals surface area (Å²) in [4.78, 5) is 0.110. The normalized spacial score (nSPS) is 18.6. The highest BCUT2D eigenvalue weighted by Crippen LogP contribution is 2.28. The molecule has 1 heterocycles. The molecule has 1 aromatic carbocycles. The first-order valence-corrected chi connectivity index (χ1v) is 5.38. The Balaban J connectivity index is 2.80. The van der Waals surface area contributed by atoms with Crippen molar-refractivity contribution >= 4 is 15.8 Å². The monoisotopic (exact) mass is 210 g/mol. The number of sulfonamides is 1. The highest BCUT2D eigenvalue weighted by Gasteiger charge is 2.28. The van der Waals surface area contributed by atoms with Gasteiger partial charge in [0.1, 0.15) is 6.20 Å². The molecule has 0 amide bonds. The summed E-state index contributed by atoms with van der Waals surface area (Å²) in [5.41, 5.74) is 0.297. The Labute approximate surface area is 82.1 Å². The lowest BCUT2D eigenvalue weighted by Crippen LogP contribution is -2.26. The summed E-state index contributed by atoms with van der Waals surface area (Å²) in [6.07, 6.45) is 2.34. The van der Waals surface area contributed by atoms with Crippen LogP contribution >= 0.6 is 0 Å². The second-order valence-corrected chi connectivity index (χ2v) is 4.87. The zero-order chi connectivity index (χ0) is 10.3. The number of aliphatic hydroxyl groups is 1. The van der Waals surface area contributed by atoms with E-state index in [1.165, 1.54) is 13.1 Å². The van der Waals surface area contributed by atoms with Crippen molar-refractivity contribution in [1.82, 2.24) is 4.31 Å². The van der Waals surface area contributed by atoms with E-state index in [4.69, 9.17) is 0 Å². The van der Waals surface area contributed by atoms with E-state index < -0.39 is 10.0 Å². The molecule has 0 aliphatic carbocycles. The fourth-order valence-electron chi connectivity index (χ4n) is 1.30. The van der Waals surface area contributed by atoms with Crippen LogP contribution in [0, 0.1) is 6.20 Å². The van der Waals surface area contributed by atoms with Crippen LogP contribution in [-0.4, -0.2) is 24.9 Å². The van der Waals surface area contributed by atoms with E-state index in [1.807, 2.05) is 0 Å². The Kier molecular flexibility index (Phi) is 1.78. The highest BCUT2D eigenvalue weighted by atomic mass is 32.2. The van der Waals surface area contributed by atoms with Gasteiger partial charge in [-0.25, -0.2) is 8.42 Å². The summed E-state index contributed by atoms with van der Waals surface area (Å²) < 4.78 is 24.3. The lowest BCUT2D eigenvalue weighted by molar-refractivity contribution is 0.471. The van der Waals surface area contributed by atoms with Crippen LogP contribution in [0.3, 0.4) is 0 Å². The molecule has 0 saturated carbocycles. The van der Waals surface area contributed by atoms with Gasteiger partial charge in [0.05, 0.1) is 4.90 Å². The summed E-state index contributed by atoms with van der Waals surface area (Å²) in [6, 6.07) is 6.28. The summed E-state index contributed by atoms with van der Waals surface area (Å²) >= 11 is 0. The number of hydrogen-bond donors (Lipinski definition) is 1. The lowest BCUT2D eigenvalue weighted by Gasteiger charge is -2.21. The quantitative estimate of drug-likeness (QED) is 0.694. The van der Waals surface area contributed by atoms with Crippen molar-refractivity contribution < 1.29 is 13.5 Å². The maximum atomic E-state index is 11.7. The van der Waals surface area contributed by atoms with Crippen molar-refractivity contribution in [2.75, 3.05) is 7.05 Å². The second-order valence-electron chi connectivity index (χ2n) is 2.93. The zero-order valence-corrected chi connectivity index (χ0v) is 8.25. The van der Waals surface area contributed by atoms with Crippen LogP contribution in [0.1, 0.15) is 5.56 Å². The van der Waals surface area contributed by atoms with Crippen LogP contribution in [-0.2, 0) is 10.0 Å². The van der Waals surface area contributed by atoms with Crippen molar-refractivity contribution in [3.8, 4) is 0 Å². The predicted molar refractivity (Wildman–Crippen MR) is 50.7 cm³/mol. The number of rotatable bonds is 0. The van der Waals surface area contributed by atoms with Crippen molar-refractivity contribution in [2.24, 2.45) is 0 Å². The van der Waals surface area contributed by atoms with E-state index >= 15 is 0 Å². The largest absolute Gasteiger partial charge is 0.505 e. The average molecular weight is 210 g/mol. The summed E-state index contributed by atoms with van der Waals surface area (Å²) in [7, 11) is -2.18. The minimum Gasteiger partial charge on any atom is -0.505 e. The molecule has 0 bridgehead atoms. The van der Waals surface area contributed by atoms with E-state index in [9.17, 15) is 13.5 Å². The van der Waals surface area contributed by atoms with E-state index in [1.54, 1.807) is 18.2 Å². The molecule has 0 unspecified atom stereocenters. The maximum Gasteiger partial charge on any atom is 0.265 e. The molecule has 73 valence electrons. The summed E-state index contributed by atoms with van der Waals surface area (Å²) in [6.45, 7) is 0. The summed E-state index contributed by atoms with van der Waals surface area (Å²) in [5.74, 6) is -0.155. The fourth-order valence-corrected chi connectivity index (χ4v) is 2.50. The maximum absolute atomic E-state index is 11.7. The number of fused-ring (bicyclic) bond motifs is 1. The van der Waals surface area contributed by atoms with Crippen molar-refractivity contribution in [3.05, 3.63) is 36.0 Å². The Morgan fingerprint density at radius 3 is 2.71 bits per heavy atom. The van der Waals surface area contributed by atoms with Gasteiger partial charge in [-0.1, -0.05) is 12.1 Å². The van der Waals surface area contributed by atoms with E-state index in [0.717, 1.165) is 4.31 Å². The molecule has 0 saturated heterocycles. The molecule has 1 N–H and O–H groups in total. The highest BCUT2D eigenvalue weighted by molar-refractivity contribution is 7.89. The standard InChI is InChI=1S/C9H8NO3S/c1-10-6-8(11)7-4-2-3-5-9(7)14(10,12)13/h2-5,11H,1H3. The first kappa shape index (κ1) is 9.08. The van der Waals surface area contributed by atoms with Gasteiger partial charge in [0.15, 0.2) is 5.76 Å². The Morgan fingerprint density at radius 2 is 2.00 bits per heavy atom. The third kappa shape index (κ3) is 1.09. The van der Waals surface area contributed by atoms with Crippen LogP contribution in [0.5, 0.6) is 0 Å². The van der Waals surface area contributed by atoms with Gasteiger partial charge in [0, 0.05) is 12.6 Å². The van der Waals surface area contributed by atoms with Gasteiger partial charge >= 0.3 is 0 Å². The Hall–Kier alpha value is -1.49. The molecule has 1 radical (unpaired) electrons. The average Bonchev–Trinajstić information content (AvgIpc) is 2.16. The predicted octanol–water partition coefficient (Wildman–Crippen LogP) is 0.980. The van der Waals surface area contributed by atoms with Gasteiger partial charge in [0.25, 0.3) is 10.0 Å². The summed E-state index contributed by atoms with van der Waals surface area (Å²) in [5, 5.41) is 9.46. The minimum atomic E-state index is -3.51. The van der Waals surface area contributed by atoms with Crippen LogP contribution in [0.25, 0.3) is 5.76 Å². The smallest absolute Gasteiger partial charge is 0.265 e. The molecular weight excluding hydrogens is 202 g/mol. The zero-order valence-electron chi connectivity index (χ0n) is 7.43. The van der Waals surface area contributed by atoms with E-state index in [0.29, 0.717) is 5.56 Å². The third-order valence-electron chi connectivity index (χ3n) is 2.04. The molecule has 5 heteroatoms. The van der Waals surface area contributed by atoms with Crippen LogP contribution in [0.2, 0.25) is 0 Å².